The van der Waals surface area contributed by atoms with Gasteiger partial charge in [-0.3, -0.25) is 0 Å². The maximum Gasteiger partial charge on any atom is 0.339 e. The number of phenolic OH excluding ortho intramolecular Hbond substituents is 1. The van der Waals surface area contributed by atoms with Crippen LogP contribution in [0.1, 0.15) is 16.8 Å². The molecule has 0 saturated carbocycles. The molecule has 128 valence electrons. The third-order valence-corrected chi connectivity index (χ3v) is 4.01. The molecule has 4 nitrogen and oxygen atoms in total. The predicted molar refractivity (Wildman–Crippen MR) is 95.0 cm³/mol. The van der Waals surface area contributed by atoms with Crippen molar-refractivity contribution >= 4 is 52.4 Å². The monoisotopic (exact) mass is 408 g/mol. The molecule has 24 heavy (non-hydrogen) atoms. The Morgan fingerprint density at radius 2 is 1.62 bits per heavy atom. The molecular weight excluding hydrogens is 398 g/mol. The van der Waals surface area contributed by atoms with Crippen molar-refractivity contribution in [1.29, 1.82) is 0 Å². The van der Waals surface area contributed by atoms with Gasteiger partial charge < -0.3 is 14.6 Å². The molecule has 0 unspecified atom stereocenters. The lowest BCUT2D eigenvalue weighted by Crippen LogP contribution is -2.10. The Kier molecular flexibility index (Phi) is 6.87. The maximum absolute atomic E-state index is 11.9. The minimum atomic E-state index is -0.544. The van der Waals surface area contributed by atoms with E-state index < -0.39 is 5.97 Å². The quantitative estimate of drug-likeness (QED) is 0.496. The minimum Gasteiger partial charge on any atom is -0.508 e. The van der Waals surface area contributed by atoms with Crippen LogP contribution in [0.15, 0.2) is 30.3 Å². The van der Waals surface area contributed by atoms with Crippen molar-refractivity contribution in [2.75, 3.05) is 13.2 Å². The second kappa shape index (κ2) is 8.67. The third-order valence-electron chi connectivity index (χ3n) is 2.90. The van der Waals surface area contributed by atoms with Crippen LogP contribution in [0.3, 0.4) is 0 Å². The minimum absolute atomic E-state index is 0.0499. The van der Waals surface area contributed by atoms with Crippen LogP contribution in [0.2, 0.25) is 20.1 Å². The highest BCUT2D eigenvalue weighted by Gasteiger charge is 2.13. The van der Waals surface area contributed by atoms with Gasteiger partial charge in [0.1, 0.15) is 5.75 Å². The van der Waals surface area contributed by atoms with Gasteiger partial charge in [0.05, 0.1) is 33.8 Å². The zero-order valence-electron chi connectivity index (χ0n) is 12.2. The van der Waals surface area contributed by atoms with E-state index in [1.165, 1.54) is 24.3 Å². The first-order chi connectivity index (χ1) is 11.4. The molecule has 0 fully saturated rings. The van der Waals surface area contributed by atoms with Crippen molar-refractivity contribution in [3.63, 3.8) is 0 Å². The number of hydrogen-bond acceptors (Lipinski definition) is 4. The molecule has 0 aliphatic carbocycles. The molecule has 0 aliphatic rings. The molecule has 2 rings (SSSR count). The molecule has 0 bridgehead atoms. The maximum atomic E-state index is 11.9. The van der Waals surface area contributed by atoms with Crippen molar-refractivity contribution in [2.24, 2.45) is 0 Å². The molecule has 0 heterocycles. The van der Waals surface area contributed by atoms with Crippen LogP contribution in [0.25, 0.3) is 0 Å². The van der Waals surface area contributed by atoms with E-state index in [1.54, 1.807) is 6.07 Å². The summed E-state index contributed by atoms with van der Waals surface area (Å²) in [5, 5.41) is 10.4. The van der Waals surface area contributed by atoms with E-state index in [0.717, 1.165) is 0 Å². The van der Waals surface area contributed by atoms with Gasteiger partial charge in [-0.2, -0.15) is 0 Å². The first-order valence-corrected chi connectivity index (χ1v) is 8.32. The third kappa shape index (κ3) is 5.08. The number of phenols is 1. The summed E-state index contributed by atoms with van der Waals surface area (Å²) < 4.78 is 10.6. The van der Waals surface area contributed by atoms with E-state index in [9.17, 15) is 9.90 Å². The number of esters is 1. The molecule has 0 spiro atoms. The molecule has 0 amide bonds. The van der Waals surface area contributed by atoms with Gasteiger partial charge in [-0.1, -0.05) is 46.4 Å². The second-order valence-corrected chi connectivity index (χ2v) is 6.36. The van der Waals surface area contributed by atoms with Crippen LogP contribution in [0, 0.1) is 0 Å². The van der Waals surface area contributed by atoms with Crippen LogP contribution < -0.4 is 4.74 Å². The number of aromatic hydroxyl groups is 1. The lowest BCUT2D eigenvalue weighted by molar-refractivity contribution is 0.0486. The molecule has 2 aromatic rings. The number of halogens is 4. The summed E-state index contributed by atoms with van der Waals surface area (Å²) in [5.41, 5.74) is 0.242. The summed E-state index contributed by atoms with van der Waals surface area (Å²) in [4.78, 5) is 11.9. The smallest absolute Gasteiger partial charge is 0.339 e. The molecule has 1 N–H and O–H groups in total. The molecular formula is C16H12Cl4O4. The van der Waals surface area contributed by atoms with E-state index in [-0.39, 0.29) is 45.3 Å². The van der Waals surface area contributed by atoms with E-state index in [1.807, 2.05) is 0 Å². The van der Waals surface area contributed by atoms with E-state index in [2.05, 4.69) is 0 Å². The molecule has 0 saturated heterocycles. The Morgan fingerprint density at radius 3 is 2.25 bits per heavy atom. The number of ether oxygens (including phenoxy) is 2. The fourth-order valence-electron chi connectivity index (χ4n) is 1.82. The fourth-order valence-corrected chi connectivity index (χ4v) is 2.89. The zero-order valence-corrected chi connectivity index (χ0v) is 15.2. The fraction of sp³-hybridized carbons (Fsp3) is 0.188. The van der Waals surface area contributed by atoms with Gasteiger partial charge in [0.25, 0.3) is 0 Å². The molecule has 0 aliphatic heterocycles. The zero-order chi connectivity index (χ0) is 17.7. The second-order valence-electron chi connectivity index (χ2n) is 4.70. The summed E-state index contributed by atoms with van der Waals surface area (Å²) in [6.07, 6.45) is 0.421. The van der Waals surface area contributed by atoms with Gasteiger partial charge in [0.15, 0.2) is 5.75 Å². The number of carbonyl (C=O) groups excluding carboxylic acids is 1. The largest absolute Gasteiger partial charge is 0.508 e. The van der Waals surface area contributed by atoms with Crippen molar-refractivity contribution in [2.45, 2.75) is 6.42 Å². The first-order valence-electron chi connectivity index (χ1n) is 6.81. The summed E-state index contributed by atoms with van der Waals surface area (Å²) in [6, 6.07) is 7.18. The van der Waals surface area contributed by atoms with Crippen LogP contribution in [0.4, 0.5) is 0 Å². The van der Waals surface area contributed by atoms with Crippen LogP contribution in [-0.4, -0.2) is 24.3 Å². The predicted octanol–water partition coefficient (Wildman–Crippen LogP) is 5.63. The van der Waals surface area contributed by atoms with Crippen molar-refractivity contribution in [1.82, 2.24) is 0 Å². The normalized spacial score (nSPS) is 10.5. The van der Waals surface area contributed by atoms with Gasteiger partial charge >= 0.3 is 5.97 Å². The van der Waals surface area contributed by atoms with Gasteiger partial charge in [0, 0.05) is 23.6 Å². The SMILES string of the molecule is O=C(OCCCOc1c(Cl)cc(O)cc1Cl)c1ccc(Cl)cc1Cl. The van der Waals surface area contributed by atoms with Gasteiger partial charge in [-0.05, 0) is 18.2 Å². The van der Waals surface area contributed by atoms with E-state index in [0.29, 0.717) is 11.4 Å². The highest BCUT2D eigenvalue weighted by Crippen LogP contribution is 2.36. The van der Waals surface area contributed by atoms with Crippen molar-refractivity contribution < 1.29 is 19.4 Å². The average Bonchev–Trinajstić information content (AvgIpc) is 2.48. The van der Waals surface area contributed by atoms with E-state index in [4.69, 9.17) is 55.9 Å². The summed E-state index contributed by atoms with van der Waals surface area (Å²) in [6.45, 7) is 0.358. The van der Waals surface area contributed by atoms with Crippen LogP contribution in [-0.2, 0) is 4.74 Å². The summed E-state index contributed by atoms with van der Waals surface area (Å²) >= 11 is 23.6. The van der Waals surface area contributed by atoms with E-state index >= 15 is 0 Å². The number of rotatable bonds is 6. The molecule has 0 radical (unpaired) electrons. The highest BCUT2D eigenvalue weighted by molar-refractivity contribution is 6.37. The standard InChI is InChI=1S/C16H12Cl4O4/c17-9-2-3-11(12(18)6-9)16(22)24-5-1-4-23-15-13(19)7-10(21)8-14(15)20/h2-3,6-8,21H,1,4-5H2. The first kappa shape index (κ1) is 19.0. The highest BCUT2D eigenvalue weighted by atomic mass is 35.5. The lowest BCUT2D eigenvalue weighted by atomic mass is 10.2. The topological polar surface area (TPSA) is 55.8 Å². The van der Waals surface area contributed by atoms with Gasteiger partial charge in [-0.15, -0.1) is 0 Å². The number of carbonyl (C=O) groups is 1. The lowest BCUT2D eigenvalue weighted by Gasteiger charge is -2.11. The number of benzene rings is 2. The summed E-state index contributed by atoms with van der Waals surface area (Å²) in [7, 11) is 0. The summed E-state index contributed by atoms with van der Waals surface area (Å²) in [5.74, 6) is -0.327. The van der Waals surface area contributed by atoms with Crippen molar-refractivity contribution in [3.8, 4) is 11.5 Å². The van der Waals surface area contributed by atoms with Crippen LogP contribution >= 0.6 is 46.4 Å². The Labute approximate surface area is 158 Å². The Hall–Kier alpha value is -1.33. The Bertz CT molecular complexity index is 726. The molecule has 2 aromatic carbocycles. The number of hydrogen-bond donors (Lipinski definition) is 1. The molecule has 8 heteroatoms. The van der Waals surface area contributed by atoms with Crippen molar-refractivity contribution in [3.05, 3.63) is 56.0 Å². The molecule has 0 aromatic heterocycles. The average molecular weight is 410 g/mol. The Morgan fingerprint density at radius 1 is 0.958 bits per heavy atom. The van der Waals surface area contributed by atoms with Crippen LogP contribution in [0.5, 0.6) is 11.5 Å². The van der Waals surface area contributed by atoms with Gasteiger partial charge in [0.2, 0.25) is 0 Å². The molecule has 0 atom stereocenters. The Balaban J connectivity index is 1.80. The van der Waals surface area contributed by atoms with Gasteiger partial charge in [-0.25, -0.2) is 4.79 Å².